The van der Waals surface area contributed by atoms with E-state index in [0.717, 1.165) is 11.1 Å². The number of amides is 1. The Labute approximate surface area is 209 Å². The molecule has 1 amide bonds. The summed E-state index contributed by atoms with van der Waals surface area (Å²) in [7, 11) is 1.52. The first kappa shape index (κ1) is 24.5. The molecule has 0 spiro atoms. The number of likely N-dealkylation sites (tertiary alicyclic amines) is 1. The fourth-order valence-corrected chi connectivity index (χ4v) is 4.36. The van der Waals surface area contributed by atoms with Gasteiger partial charge in [0.25, 0.3) is 11.7 Å². The monoisotopic (exact) mass is 491 g/mol. The average molecular weight is 492 g/mol. The van der Waals surface area contributed by atoms with E-state index < -0.39 is 17.7 Å². The van der Waals surface area contributed by atoms with Gasteiger partial charge in [-0.2, -0.15) is 0 Å². The van der Waals surface area contributed by atoms with Gasteiger partial charge in [0.2, 0.25) is 0 Å². The number of aliphatic hydroxyl groups excluding tert-OH is 1. The zero-order valence-corrected chi connectivity index (χ0v) is 20.3. The Morgan fingerprint density at radius 1 is 1.03 bits per heavy atom. The summed E-state index contributed by atoms with van der Waals surface area (Å²) in [5.41, 5.74) is 3.26. The third-order valence-corrected chi connectivity index (χ3v) is 6.09. The van der Waals surface area contributed by atoms with Crippen LogP contribution in [0.5, 0.6) is 5.75 Å². The minimum Gasteiger partial charge on any atom is -0.507 e. The predicted molar refractivity (Wildman–Crippen MR) is 134 cm³/mol. The highest BCUT2D eigenvalue weighted by Gasteiger charge is 2.45. The molecule has 1 fully saturated rings. The molecule has 3 aromatic carbocycles. The van der Waals surface area contributed by atoms with Crippen LogP contribution < -0.4 is 4.74 Å². The second-order valence-electron chi connectivity index (χ2n) is 8.34. The first-order chi connectivity index (χ1) is 16.9. The first-order valence-corrected chi connectivity index (χ1v) is 11.6. The lowest BCUT2D eigenvalue weighted by Crippen LogP contribution is -2.32. The molecule has 0 unspecified atom stereocenters. The first-order valence-electron chi connectivity index (χ1n) is 11.2. The zero-order chi connectivity index (χ0) is 24.9. The fourth-order valence-electron chi connectivity index (χ4n) is 4.16. The van der Waals surface area contributed by atoms with Gasteiger partial charge in [-0.1, -0.05) is 53.6 Å². The number of methoxy groups -OCH3 is 1. The molecule has 1 heterocycles. The maximum atomic E-state index is 13.0. The van der Waals surface area contributed by atoms with Crippen molar-refractivity contribution in [2.75, 3.05) is 20.3 Å². The van der Waals surface area contributed by atoms with E-state index in [4.69, 9.17) is 21.1 Å². The Morgan fingerprint density at radius 2 is 1.77 bits per heavy atom. The molecular weight excluding hydrogens is 466 g/mol. The molecule has 1 aliphatic rings. The van der Waals surface area contributed by atoms with Crippen molar-refractivity contribution >= 4 is 29.1 Å². The summed E-state index contributed by atoms with van der Waals surface area (Å²) in [6, 6.07) is 21.0. The molecule has 0 bridgehead atoms. The summed E-state index contributed by atoms with van der Waals surface area (Å²) in [5, 5.41) is 11.6. The van der Waals surface area contributed by atoms with E-state index in [9.17, 15) is 14.7 Å². The number of ether oxygens (including phenoxy) is 2. The van der Waals surface area contributed by atoms with Crippen molar-refractivity contribution in [2.45, 2.75) is 19.6 Å². The van der Waals surface area contributed by atoms with Gasteiger partial charge in [-0.15, -0.1) is 0 Å². The number of nitrogens with zero attached hydrogens (tertiary/aromatic N) is 1. The summed E-state index contributed by atoms with van der Waals surface area (Å²) in [4.78, 5) is 27.3. The van der Waals surface area contributed by atoms with E-state index in [1.54, 1.807) is 48.5 Å². The standard InChI is InChI=1S/C28H26ClNO5/c1-18-5-3-6-19(15-18)17-35-23-11-9-20(10-12-23)26(31)24-25(21-7-4-8-22(29)16-21)30(13-14-34-2)28(33)27(24)32/h3-12,15-16,25,31H,13-14,17H2,1-2H3/t25-/m0/s1. The number of hydrogen-bond donors (Lipinski definition) is 1. The van der Waals surface area contributed by atoms with Gasteiger partial charge in [0.1, 0.15) is 18.1 Å². The molecule has 6 nitrogen and oxygen atoms in total. The highest BCUT2D eigenvalue weighted by molar-refractivity contribution is 6.46. The van der Waals surface area contributed by atoms with Gasteiger partial charge in [-0.3, -0.25) is 9.59 Å². The Morgan fingerprint density at radius 3 is 2.46 bits per heavy atom. The Kier molecular flexibility index (Phi) is 7.54. The smallest absolute Gasteiger partial charge is 0.295 e. The topological polar surface area (TPSA) is 76.1 Å². The van der Waals surface area contributed by atoms with Gasteiger partial charge >= 0.3 is 0 Å². The summed E-state index contributed by atoms with van der Waals surface area (Å²) in [6.07, 6.45) is 0. The van der Waals surface area contributed by atoms with Crippen LogP contribution in [0.3, 0.4) is 0 Å². The Bertz CT molecular complexity index is 1270. The zero-order valence-electron chi connectivity index (χ0n) is 19.5. The number of rotatable bonds is 8. The number of Topliss-reactive ketones (excluding diaryl/α,β-unsaturated/α-hetero) is 1. The van der Waals surface area contributed by atoms with E-state index in [-0.39, 0.29) is 24.5 Å². The maximum absolute atomic E-state index is 13.0. The van der Waals surface area contributed by atoms with Crippen LogP contribution in [0.4, 0.5) is 0 Å². The van der Waals surface area contributed by atoms with Crippen LogP contribution in [0.15, 0.2) is 78.4 Å². The molecule has 1 atom stereocenters. The fraction of sp³-hybridized carbons (Fsp3) is 0.214. The molecule has 4 rings (SSSR count). The van der Waals surface area contributed by atoms with E-state index in [1.165, 1.54) is 12.0 Å². The molecule has 0 aliphatic carbocycles. The number of ketones is 1. The van der Waals surface area contributed by atoms with Crippen molar-refractivity contribution in [2.24, 2.45) is 0 Å². The lowest BCUT2D eigenvalue weighted by atomic mass is 9.95. The third-order valence-electron chi connectivity index (χ3n) is 5.86. The normalized spacial score (nSPS) is 17.1. The van der Waals surface area contributed by atoms with E-state index >= 15 is 0 Å². The molecule has 1 aliphatic heterocycles. The number of carbonyl (C=O) groups excluding carboxylic acids is 2. The van der Waals surface area contributed by atoms with Crippen molar-refractivity contribution in [3.63, 3.8) is 0 Å². The lowest BCUT2D eigenvalue weighted by Gasteiger charge is -2.25. The van der Waals surface area contributed by atoms with Gasteiger partial charge < -0.3 is 19.5 Å². The van der Waals surface area contributed by atoms with Crippen molar-refractivity contribution in [1.82, 2.24) is 4.90 Å². The largest absolute Gasteiger partial charge is 0.507 e. The van der Waals surface area contributed by atoms with Crippen molar-refractivity contribution in [3.8, 4) is 5.75 Å². The second-order valence-corrected chi connectivity index (χ2v) is 8.78. The van der Waals surface area contributed by atoms with Crippen molar-refractivity contribution in [1.29, 1.82) is 0 Å². The lowest BCUT2D eigenvalue weighted by molar-refractivity contribution is -0.140. The van der Waals surface area contributed by atoms with E-state index in [0.29, 0.717) is 28.5 Å². The van der Waals surface area contributed by atoms with Crippen LogP contribution in [0.25, 0.3) is 5.76 Å². The Balaban J connectivity index is 1.64. The minimum atomic E-state index is -0.777. The molecule has 1 N–H and O–H groups in total. The molecule has 3 aromatic rings. The van der Waals surface area contributed by atoms with E-state index in [2.05, 4.69) is 6.07 Å². The van der Waals surface area contributed by atoms with Gasteiger partial charge in [0.05, 0.1) is 18.2 Å². The molecular formula is C28H26ClNO5. The van der Waals surface area contributed by atoms with Gasteiger partial charge in [-0.25, -0.2) is 0 Å². The van der Waals surface area contributed by atoms with Crippen LogP contribution in [0, 0.1) is 6.92 Å². The maximum Gasteiger partial charge on any atom is 0.295 e. The molecule has 1 saturated heterocycles. The highest BCUT2D eigenvalue weighted by atomic mass is 35.5. The third kappa shape index (κ3) is 5.39. The van der Waals surface area contributed by atoms with Crippen LogP contribution in [0.2, 0.25) is 5.02 Å². The summed E-state index contributed by atoms with van der Waals surface area (Å²) < 4.78 is 11.0. The van der Waals surface area contributed by atoms with Crippen LogP contribution in [-0.2, 0) is 20.9 Å². The summed E-state index contributed by atoms with van der Waals surface area (Å²) in [6.45, 7) is 2.88. The summed E-state index contributed by atoms with van der Waals surface area (Å²) >= 11 is 6.19. The van der Waals surface area contributed by atoms with E-state index in [1.807, 2.05) is 25.1 Å². The number of benzene rings is 3. The SMILES string of the molecule is COCCN1C(=O)C(=O)C(=C(O)c2ccc(OCc3cccc(C)c3)cc2)[C@@H]1c1cccc(Cl)c1. The number of aryl methyl sites for hydroxylation is 1. The summed E-state index contributed by atoms with van der Waals surface area (Å²) in [5.74, 6) is -1.07. The van der Waals surface area contributed by atoms with Crippen LogP contribution in [-0.4, -0.2) is 42.0 Å². The van der Waals surface area contributed by atoms with Crippen LogP contribution >= 0.6 is 11.6 Å². The number of aliphatic hydroxyl groups is 1. The molecule has 0 saturated carbocycles. The van der Waals surface area contributed by atoms with Crippen LogP contribution in [0.1, 0.15) is 28.3 Å². The quantitative estimate of drug-likeness (QED) is 0.263. The van der Waals surface area contributed by atoms with Gasteiger partial charge in [0, 0.05) is 24.2 Å². The minimum absolute atomic E-state index is 0.0156. The average Bonchev–Trinajstić information content (AvgIpc) is 3.11. The number of hydrogen-bond acceptors (Lipinski definition) is 5. The number of halogens is 1. The second kappa shape index (κ2) is 10.8. The predicted octanol–water partition coefficient (Wildman–Crippen LogP) is 5.30. The number of carbonyl (C=O) groups is 2. The molecule has 0 aromatic heterocycles. The molecule has 180 valence electrons. The van der Waals surface area contributed by atoms with Gasteiger partial charge in [-0.05, 0) is 54.4 Å². The molecule has 0 radical (unpaired) electrons. The Hall–Kier alpha value is -3.61. The molecule has 35 heavy (non-hydrogen) atoms. The van der Waals surface area contributed by atoms with Crippen molar-refractivity contribution < 1.29 is 24.2 Å². The van der Waals surface area contributed by atoms with Crippen molar-refractivity contribution in [3.05, 3.63) is 106 Å². The van der Waals surface area contributed by atoms with Gasteiger partial charge in [0.15, 0.2) is 0 Å². The molecule has 7 heteroatoms. The highest BCUT2D eigenvalue weighted by Crippen LogP contribution is 2.40.